The van der Waals surface area contributed by atoms with Crippen molar-refractivity contribution in [1.82, 2.24) is 19.6 Å². The monoisotopic (exact) mass is 366 g/mol. The lowest BCUT2D eigenvalue weighted by Crippen LogP contribution is -2.45. The molecule has 1 aromatic carbocycles. The van der Waals surface area contributed by atoms with Gasteiger partial charge in [0.15, 0.2) is 0 Å². The summed E-state index contributed by atoms with van der Waals surface area (Å²) in [5, 5.41) is 4.37. The molecule has 0 atom stereocenters. The molecule has 0 unspecified atom stereocenters. The molecule has 1 saturated heterocycles. The van der Waals surface area contributed by atoms with Gasteiger partial charge >= 0.3 is 6.18 Å². The van der Waals surface area contributed by atoms with Gasteiger partial charge in [-0.15, -0.1) is 0 Å². The van der Waals surface area contributed by atoms with Crippen LogP contribution < -0.4 is 0 Å². The fourth-order valence-corrected chi connectivity index (χ4v) is 3.21. The first-order valence-corrected chi connectivity index (χ1v) is 8.95. The number of nitrogens with zero attached hydrogens (tertiary/aromatic N) is 4. The zero-order valence-electron chi connectivity index (χ0n) is 15.2. The Hall–Kier alpha value is -1.86. The van der Waals surface area contributed by atoms with Crippen molar-refractivity contribution in [2.45, 2.75) is 39.2 Å². The molecular formula is C19H25F3N4. The highest BCUT2D eigenvalue weighted by molar-refractivity contribution is 5.25. The maximum absolute atomic E-state index is 12.8. The Kier molecular flexibility index (Phi) is 5.67. The van der Waals surface area contributed by atoms with E-state index in [1.807, 2.05) is 10.9 Å². The first-order valence-electron chi connectivity index (χ1n) is 8.95. The van der Waals surface area contributed by atoms with E-state index in [9.17, 15) is 13.2 Å². The molecule has 0 saturated carbocycles. The number of halogens is 3. The Labute approximate surface area is 152 Å². The van der Waals surface area contributed by atoms with Crippen LogP contribution in [-0.2, 0) is 19.3 Å². The smallest absolute Gasteiger partial charge is 0.297 e. The molecule has 1 aromatic heterocycles. The lowest BCUT2D eigenvalue weighted by Gasteiger charge is -2.34. The summed E-state index contributed by atoms with van der Waals surface area (Å²) in [7, 11) is 0. The van der Waals surface area contributed by atoms with Crippen molar-refractivity contribution in [1.29, 1.82) is 0 Å². The molecule has 0 radical (unpaired) electrons. The van der Waals surface area contributed by atoms with Crippen LogP contribution in [0.2, 0.25) is 0 Å². The zero-order chi connectivity index (χ0) is 18.7. The third-order valence-corrected chi connectivity index (χ3v) is 4.72. The fraction of sp³-hybridized carbons (Fsp3) is 0.526. The third-order valence-electron chi connectivity index (χ3n) is 4.72. The van der Waals surface area contributed by atoms with Crippen LogP contribution in [0.25, 0.3) is 0 Å². The number of alkyl halides is 3. The standard InChI is InChI=1S/C19H25F3N4/c1-15(2)26-14-17(11-23-26)13-25-8-6-24(7-9-25)12-16-4-3-5-18(10-16)19(20,21)22/h3-5,10-11,14-15H,6-9,12-13H2,1-2H3. The SMILES string of the molecule is CC(C)n1cc(CN2CCN(Cc3cccc(C(F)(F)F)c3)CC2)cn1. The summed E-state index contributed by atoms with van der Waals surface area (Å²) in [5.41, 5.74) is 1.34. The largest absolute Gasteiger partial charge is 0.416 e. The molecule has 26 heavy (non-hydrogen) atoms. The normalized spacial score (nSPS) is 17.2. The van der Waals surface area contributed by atoms with Gasteiger partial charge in [-0.25, -0.2) is 0 Å². The maximum atomic E-state index is 12.8. The predicted molar refractivity (Wildman–Crippen MR) is 94.6 cm³/mol. The lowest BCUT2D eigenvalue weighted by molar-refractivity contribution is -0.137. The van der Waals surface area contributed by atoms with Crippen molar-refractivity contribution in [3.05, 3.63) is 53.3 Å². The topological polar surface area (TPSA) is 24.3 Å². The van der Waals surface area contributed by atoms with Crippen molar-refractivity contribution in [2.24, 2.45) is 0 Å². The second kappa shape index (κ2) is 7.80. The van der Waals surface area contributed by atoms with Crippen LogP contribution in [-0.4, -0.2) is 45.8 Å². The first kappa shape index (κ1) is 18.9. The first-order chi connectivity index (χ1) is 12.3. The lowest BCUT2D eigenvalue weighted by atomic mass is 10.1. The van der Waals surface area contributed by atoms with Crippen LogP contribution in [0, 0.1) is 0 Å². The van der Waals surface area contributed by atoms with Gasteiger partial charge in [0, 0.05) is 57.1 Å². The van der Waals surface area contributed by atoms with E-state index in [2.05, 4.69) is 34.9 Å². The third kappa shape index (κ3) is 4.86. The zero-order valence-corrected chi connectivity index (χ0v) is 15.2. The van der Waals surface area contributed by atoms with Gasteiger partial charge in [-0.1, -0.05) is 18.2 Å². The molecule has 0 bridgehead atoms. The van der Waals surface area contributed by atoms with E-state index >= 15 is 0 Å². The van der Waals surface area contributed by atoms with Crippen LogP contribution in [0.5, 0.6) is 0 Å². The average Bonchev–Trinajstić information content (AvgIpc) is 3.05. The van der Waals surface area contributed by atoms with Crippen molar-refractivity contribution in [3.63, 3.8) is 0 Å². The summed E-state index contributed by atoms with van der Waals surface area (Å²) in [5.74, 6) is 0. The number of rotatable bonds is 5. The van der Waals surface area contributed by atoms with Gasteiger partial charge in [-0.05, 0) is 25.5 Å². The van der Waals surface area contributed by atoms with Gasteiger partial charge in [0.2, 0.25) is 0 Å². The summed E-state index contributed by atoms with van der Waals surface area (Å²) < 4.78 is 40.4. The minimum absolute atomic E-state index is 0.355. The van der Waals surface area contributed by atoms with Crippen LogP contribution in [0.3, 0.4) is 0 Å². The Morgan fingerprint density at radius 3 is 2.15 bits per heavy atom. The second-order valence-corrected chi connectivity index (χ2v) is 7.17. The van der Waals surface area contributed by atoms with E-state index < -0.39 is 11.7 Å². The molecule has 1 aliphatic heterocycles. The Morgan fingerprint density at radius 1 is 1.00 bits per heavy atom. The summed E-state index contributed by atoms with van der Waals surface area (Å²) >= 11 is 0. The van der Waals surface area contributed by atoms with Crippen molar-refractivity contribution >= 4 is 0 Å². The predicted octanol–water partition coefficient (Wildman–Crippen LogP) is 3.80. The van der Waals surface area contributed by atoms with Crippen LogP contribution in [0.4, 0.5) is 13.2 Å². The average molecular weight is 366 g/mol. The molecule has 4 nitrogen and oxygen atoms in total. The highest BCUT2D eigenvalue weighted by Crippen LogP contribution is 2.29. The molecule has 1 aliphatic rings. The van der Waals surface area contributed by atoms with Crippen LogP contribution >= 0.6 is 0 Å². The van der Waals surface area contributed by atoms with Gasteiger partial charge < -0.3 is 0 Å². The van der Waals surface area contributed by atoms with Crippen LogP contribution in [0.15, 0.2) is 36.7 Å². The highest BCUT2D eigenvalue weighted by atomic mass is 19.4. The molecule has 7 heteroatoms. The highest BCUT2D eigenvalue weighted by Gasteiger charge is 2.30. The Morgan fingerprint density at radius 2 is 1.62 bits per heavy atom. The van der Waals surface area contributed by atoms with Gasteiger partial charge in [-0.2, -0.15) is 18.3 Å². The number of hydrogen-bond acceptors (Lipinski definition) is 3. The van der Waals surface area contributed by atoms with Gasteiger partial charge in [0.05, 0.1) is 11.8 Å². The van der Waals surface area contributed by atoms with E-state index in [1.54, 1.807) is 6.07 Å². The molecule has 142 valence electrons. The van der Waals surface area contributed by atoms with E-state index in [0.29, 0.717) is 18.2 Å². The number of benzene rings is 1. The molecule has 2 heterocycles. The molecule has 0 spiro atoms. The van der Waals surface area contributed by atoms with E-state index in [4.69, 9.17) is 0 Å². The van der Waals surface area contributed by atoms with Crippen LogP contribution in [0.1, 0.15) is 36.6 Å². The van der Waals surface area contributed by atoms with Gasteiger partial charge in [0.1, 0.15) is 0 Å². The number of aromatic nitrogens is 2. The summed E-state index contributed by atoms with van der Waals surface area (Å²) in [6, 6.07) is 5.99. The summed E-state index contributed by atoms with van der Waals surface area (Å²) in [6.45, 7) is 9.15. The molecule has 3 rings (SSSR count). The molecule has 1 fully saturated rings. The van der Waals surface area contributed by atoms with Crippen molar-refractivity contribution in [2.75, 3.05) is 26.2 Å². The van der Waals surface area contributed by atoms with E-state index in [1.165, 1.54) is 17.7 Å². The fourth-order valence-electron chi connectivity index (χ4n) is 3.21. The second-order valence-electron chi connectivity index (χ2n) is 7.17. The van der Waals surface area contributed by atoms with E-state index in [0.717, 1.165) is 38.8 Å². The van der Waals surface area contributed by atoms with Gasteiger partial charge in [0.25, 0.3) is 0 Å². The van der Waals surface area contributed by atoms with Crippen molar-refractivity contribution in [3.8, 4) is 0 Å². The Balaban J connectivity index is 1.51. The van der Waals surface area contributed by atoms with Gasteiger partial charge in [-0.3, -0.25) is 14.5 Å². The van der Waals surface area contributed by atoms with Crippen molar-refractivity contribution < 1.29 is 13.2 Å². The molecular weight excluding hydrogens is 341 g/mol. The summed E-state index contributed by atoms with van der Waals surface area (Å²) in [6.07, 6.45) is -0.288. The van der Waals surface area contributed by atoms with E-state index in [-0.39, 0.29) is 0 Å². The maximum Gasteiger partial charge on any atom is 0.416 e. The molecule has 0 amide bonds. The number of piperazine rings is 1. The summed E-state index contributed by atoms with van der Waals surface area (Å²) in [4.78, 5) is 4.58. The minimum Gasteiger partial charge on any atom is -0.297 e. The molecule has 0 aliphatic carbocycles. The molecule has 0 N–H and O–H groups in total. The molecule has 2 aromatic rings. The quantitative estimate of drug-likeness (QED) is 0.804. The minimum atomic E-state index is -4.28. The Bertz CT molecular complexity index is 716. The number of hydrogen-bond donors (Lipinski definition) is 0.